The molecule has 1 aromatic rings. The van der Waals surface area contributed by atoms with Gasteiger partial charge in [0, 0.05) is 38.2 Å². The Morgan fingerprint density at radius 1 is 1.33 bits per heavy atom. The predicted molar refractivity (Wildman–Crippen MR) is 104 cm³/mol. The number of guanidine groups is 1. The van der Waals surface area contributed by atoms with E-state index in [1.807, 2.05) is 7.05 Å². The van der Waals surface area contributed by atoms with Crippen LogP contribution in [0.5, 0.6) is 0 Å². The number of aliphatic imine (C=N–C) groups is 1. The summed E-state index contributed by atoms with van der Waals surface area (Å²) in [6.45, 7) is 7.63. The second-order valence-corrected chi connectivity index (χ2v) is 7.39. The lowest BCUT2D eigenvalue weighted by Gasteiger charge is -2.19. The number of aryl methyl sites for hydroxylation is 1. The van der Waals surface area contributed by atoms with E-state index in [4.69, 9.17) is 4.74 Å². The number of rotatable bonds is 9. The average molecular weight is 350 g/mol. The minimum absolute atomic E-state index is 0.418. The van der Waals surface area contributed by atoms with Crippen molar-refractivity contribution in [1.29, 1.82) is 0 Å². The Morgan fingerprint density at radius 2 is 2.12 bits per heavy atom. The molecule has 0 amide bonds. The largest absolute Gasteiger partial charge is 0.382 e. The van der Waals surface area contributed by atoms with Crippen LogP contribution >= 0.6 is 11.8 Å². The zero-order valence-electron chi connectivity index (χ0n) is 15.4. The summed E-state index contributed by atoms with van der Waals surface area (Å²) in [5.74, 6) is 0.880. The Kier molecular flexibility index (Phi) is 7.43. The van der Waals surface area contributed by atoms with Crippen LogP contribution in [0.2, 0.25) is 0 Å². The second kappa shape index (κ2) is 9.33. The molecule has 1 aromatic carbocycles. The number of nitrogens with one attached hydrogen (secondary N) is 2. The number of hydrogen-bond donors (Lipinski definition) is 2. The first-order valence-electron chi connectivity index (χ1n) is 8.78. The van der Waals surface area contributed by atoms with Crippen LogP contribution in [0.25, 0.3) is 0 Å². The normalized spacial score (nSPS) is 16.1. The van der Waals surface area contributed by atoms with Gasteiger partial charge in [0.25, 0.3) is 0 Å². The molecule has 1 fully saturated rings. The fourth-order valence-corrected chi connectivity index (χ4v) is 3.50. The lowest BCUT2D eigenvalue weighted by molar-refractivity contribution is 0.128. The van der Waals surface area contributed by atoms with Crippen molar-refractivity contribution in [3.63, 3.8) is 0 Å². The van der Waals surface area contributed by atoms with Crippen LogP contribution in [0.3, 0.4) is 0 Å². The monoisotopic (exact) mass is 349 g/mol. The molecule has 0 saturated heterocycles. The smallest absolute Gasteiger partial charge is 0.191 e. The van der Waals surface area contributed by atoms with Crippen LogP contribution in [0, 0.1) is 12.3 Å². The van der Waals surface area contributed by atoms with E-state index in [2.05, 4.69) is 53.9 Å². The first-order chi connectivity index (χ1) is 11.6. The molecule has 0 spiro atoms. The Bertz CT molecular complexity index is 556. The molecule has 134 valence electrons. The molecule has 0 aliphatic heterocycles. The molecule has 0 aromatic heterocycles. The van der Waals surface area contributed by atoms with Crippen molar-refractivity contribution in [2.75, 3.05) is 33.1 Å². The van der Waals surface area contributed by atoms with E-state index in [1.54, 1.807) is 11.8 Å². The van der Waals surface area contributed by atoms with E-state index < -0.39 is 0 Å². The molecule has 1 aliphatic rings. The molecule has 0 unspecified atom stereocenters. The molecule has 0 bridgehead atoms. The Balaban J connectivity index is 1.81. The van der Waals surface area contributed by atoms with Crippen molar-refractivity contribution >= 4 is 17.7 Å². The summed E-state index contributed by atoms with van der Waals surface area (Å²) in [6, 6.07) is 6.61. The topological polar surface area (TPSA) is 45.6 Å². The van der Waals surface area contributed by atoms with Gasteiger partial charge >= 0.3 is 0 Å². The van der Waals surface area contributed by atoms with Gasteiger partial charge in [-0.1, -0.05) is 12.1 Å². The van der Waals surface area contributed by atoms with E-state index in [-0.39, 0.29) is 0 Å². The molecule has 2 rings (SSSR count). The van der Waals surface area contributed by atoms with Crippen LogP contribution in [-0.2, 0) is 11.3 Å². The van der Waals surface area contributed by atoms with Gasteiger partial charge in [-0.15, -0.1) is 11.8 Å². The fourth-order valence-electron chi connectivity index (χ4n) is 2.79. The first-order valence-corrected chi connectivity index (χ1v) is 10.0. The van der Waals surface area contributed by atoms with Crippen molar-refractivity contribution < 1.29 is 4.74 Å². The summed E-state index contributed by atoms with van der Waals surface area (Å²) in [7, 11) is 1.83. The average Bonchev–Trinajstić information content (AvgIpc) is 3.36. The number of nitrogens with zero attached hydrogens (tertiary/aromatic N) is 1. The predicted octanol–water partition coefficient (Wildman–Crippen LogP) is 3.59. The second-order valence-electron chi connectivity index (χ2n) is 6.54. The van der Waals surface area contributed by atoms with Gasteiger partial charge in [0.2, 0.25) is 0 Å². The molecule has 0 radical (unpaired) electrons. The van der Waals surface area contributed by atoms with Crippen LogP contribution in [0.1, 0.15) is 37.3 Å². The maximum Gasteiger partial charge on any atom is 0.191 e. The fraction of sp³-hybridized carbons (Fsp3) is 0.632. The van der Waals surface area contributed by atoms with Crippen LogP contribution in [0.4, 0.5) is 0 Å². The molecule has 0 atom stereocenters. The first kappa shape index (κ1) is 19.1. The third kappa shape index (κ3) is 5.71. The maximum absolute atomic E-state index is 5.51. The summed E-state index contributed by atoms with van der Waals surface area (Å²) in [4.78, 5) is 5.69. The Morgan fingerprint density at radius 3 is 2.75 bits per heavy atom. The Hall–Kier alpha value is -1.20. The minimum atomic E-state index is 0.418. The van der Waals surface area contributed by atoms with E-state index in [9.17, 15) is 0 Å². The quantitative estimate of drug-likeness (QED) is 0.309. The summed E-state index contributed by atoms with van der Waals surface area (Å²) < 4.78 is 5.51. The van der Waals surface area contributed by atoms with Gasteiger partial charge in [-0.25, -0.2) is 0 Å². The van der Waals surface area contributed by atoms with Gasteiger partial charge in [0.15, 0.2) is 5.96 Å². The van der Waals surface area contributed by atoms with Crippen molar-refractivity contribution in [3.8, 4) is 0 Å². The molecular formula is C19H31N3OS. The highest BCUT2D eigenvalue weighted by molar-refractivity contribution is 7.98. The zero-order valence-corrected chi connectivity index (χ0v) is 16.3. The third-order valence-corrected chi connectivity index (χ3v) is 5.50. The van der Waals surface area contributed by atoms with E-state index >= 15 is 0 Å². The van der Waals surface area contributed by atoms with Crippen molar-refractivity contribution in [3.05, 3.63) is 29.3 Å². The molecule has 24 heavy (non-hydrogen) atoms. The van der Waals surface area contributed by atoms with Crippen LogP contribution in [0.15, 0.2) is 28.1 Å². The lowest BCUT2D eigenvalue weighted by Crippen LogP contribution is -2.40. The molecule has 1 aliphatic carbocycles. The van der Waals surface area contributed by atoms with Crippen molar-refractivity contribution in [1.82, 2.24) is 10.6 Å². The van der Waals surface area contributed by atoms with Gasteiger partial charge in [0.1, 0.15) is 0 Å². The minimum Gasteiger partial charge on any atom is -0.382 e. The van der Waals surface area contributed by atoms with Crippen LogP contribution in [-0.4, -0.2) is 39.0 Å². The molecule has 0 heterocycles. The van der Waals surface area contributed by atoms with Crippen molar-refractivity contribution in [2.45, 2.75) is 44.6 Å². The highest BCUT2D eigenvalue weighted by atomic mass is 32.2. The highest BCUT2D eigenvalue weighted by Gasteiger charge is 2.41. The highest BCUT2D eigenvalue weighted by Crippen LogP contribution is 2.48. The van der Waals surface area contributed by atoms with Gasteiger partial charge in [-0.2, -0.15) is 0 Å². The lowest BCUT2D eigenvalue weighted by atomic mass is 10.0. The molecule has 5 heteroatoms. The van der Waals surface area contributed by atoms with E-state index in [0.29, 0.717) is 5.41 Å². The molecule has 2 N–H and O–H groups in total. The molecular weight excluding hydrogens is 318 g/mol. The van der Waals surface area contributed by atoms with Gasteiger partial charge < -0.3 is 15.4 Å². The van der Waals surface area contributed by atoms with E-state index in [0.717, 1.165) is 38.7 Å². The third-order valence-electron chi connectivity index (χ3n) is 4.68. The SMILES string of the molecule is CCOCCC1(CNC(=NC)NCc2ccc(C)cc2SC)CC1. The van der Waals surface area contributed by atoms with Crippen LogP contribution < -0.4 is 10.6 Å². The van der Waals surface area contributed by atoms with Gasteiger partial charge in [-0.05, 0) is 62.0 Å². The Labute approximate surface area is 150 Å². The summed E-state index contributed by atoms with van der Waals surface area (Å²) >= 11 is 1.79. The summed E-state index contributed by atoms with van der Waals surface area (Å²) in [5, 5.41) is 6.94. The summed E-state index contributed by atoms with van der Waals surface area (Å²) in [5.41, 5.74) is 3.03. The van der Waals surface area contributed by atoms with E-state index in [1.165, 1.54) is 28.9 Å². The number of thioether (sulfide) groups is 1. The standard InChI is InChI=1S/C19H31N3OS/c1-5-23-11-10-19(8-9-19)14-22-18(20-3)21-13-16-7-6-15(2)12-17(16)24-4/h6-7,12H,5,8-11,13-14H2,1-4H3,(H2,20,21,22). The zero-order chi connectivity index (χ0) is 17.4. The molecule has 1 saturated carbocycles. The van der Waals surface area contributed by atoms with Gasteiger partial charge in [-0.3, -0.25) is 4.99 Å². The van der Waals surface area contributed by atoms with Crippen molar-refractivity contribution in [2.24, 2.45) is 10.4 Å². The summed E-state index contributed by atoms with van der Waals surface area (Å²) in [6.07, 6.45) is 5.84. The number of benzene rings is 1. The number of ether oxygens (including phenoxy) is 1. The number of hydrogen-bond acceptors (Lipinski definition) is 3. The van der Waals surface area contributed by atoms with Gasteiger partial charge in [0.05, 0.1) is 0 Å². The maximum atomic E-state index is 5.51. The molecule has 4 nitrogen and oxygen atoms in total.